The average molecular weight is 484 g/mol. The monoisotopic (exact) mass is 483 g/mol. The Morgan fingerprint density at radius 2 is 1.74 bits per heavy atom. The number of amides is 1. The van der Waals surface area contributed by atoms with Crippen molar-refractivity contribution in [1.82, 2.24) is 14.9 Å². The van der Waals surface area contributed by atoms with Gasteiger partial charge in [-0.15, -0.1) is 0 Å². The maximum atomic E-state index is 12.7. The third kappa shape index (κ3) is 5.33. The van der Waals surface area contributed by atoms with Gasteiger partial charge in [0.15, 0.2) is 0 Å². The Labute approximate surface area is 203 Å². The van der Waals surface area contributed by atoms with Gasteiger partial charge in [-0.3, -0.25) is 10.1 Å². The van der Waals surface area contributed by atoms with E-state index in [4.69, 9.17) is 9.47 Å². The molecular weight excluding hydrogens is 454 g/mol. The molecule has 2 aromatic rings. The van der Waals surface area contributed by atoms with Gasteiger partial charge in [-0.2, -0.15) is 0 Å². The molecule has 0 saturated carbocycles. The summed E-state index contributed by atoms with van der Waals surface area (Å²) in [6.07, 6.45) is 1.18. The third-order valence-corrected chi connectivity index (χ3v) is 6.05. The Morgan fingerprint density at radius 1 is 1.09 bits per heavy atom. The van der Waals surface area contributed by atoms with Crippen LogP contribution in [0.15, 0.2) is 30.6 Å². The molecule has 4 rings (SSSR count). The summed E-state index contributed by atoms with van der Waals surface area (Å²) in [6, 6.07) is 5.32. The van der Waals surface area contributed by atoms with Crippen LogP contribution in [0.1, 0.15) is 67.8 Å². The number of carbonyl (C=O) groups excluding carboxylic acids is 2. The maximum Gasteiger partial charge on any atom is 0.410 e. The molecule has 2 aliphatic rings. The SMILES string of the molecule is C[C@@H]1C[C@@H](OC(=O)c2ccc([N+](=O)[O-])cc2)c2ncnc(N3CCN(C(=O)OC(C)(C)C)CC3)c21. The van der Waals surface area contributed by atoms with Crippen molar-refractivity contribution in [3.05, 3.63) is 57.5 Å². The molecule has 1 aromatic carbocycles. The van der Waals surface area contributed by atoms with Crippen LogP contribution in [0, 0.1) is 10.1 Å². The van der Waals surface area contributed by atoms with Gasteiger partial charge in [0.25, 0.3) is 5.69 Å². The van der Waals surface area contributed by atoms with Crippen LogP contribution in [0.25, 0.3) is 0 Å². The van der Waals surface area contributed by atoms with Gasteiger partial charge in [-0.1, -0.05) is 6.92 Å². The lowest BCUT2D eigenvalue weighted by atomic mass is 10.1. The number of ether oxygens (including phenoxy) is 2. The van der Waals surface area contributed by atoms with Crippen molar-refractivity contribution in [3.63, 3.8) is 0 Å². The van der Waals surface area contributed by atoms with Crippen molar-refractivity contribution in [2.45, 2.75) is 51.7 Å². The summed E-state index contributed by atoms with van der Waals surface area (Å²) < 4.78 is 11.2. The minimum atomic E-state index is -0.559. The summed E-state index contributed by atoms with van der Waals surface area (Å²) in [5.74, 6) is 0.302. The fourth-order valence-corrected chi connectivity index (χ4v) is 4.38. The molecule has 0 N–H and O–H groups in total. The number of carbonyl (C=O) groups is 2. The Morgan fingerprint density at radius 3 is 2.34 bits per heavy atom. The summed E-state index contributed by atoms with van der Waals surface area (Å²) in [7, 11) is 0. The molecule has 2 atom stereocenters. The lowest BCUT2D eigenvalue weighted by Crippen LogP contribution is -2.50. The molecule has 11 nitrogen and oxygen atoms in total. The molecule has 1 amide bonds. The zero-order valence-corrected chi connectivity index (χ0v) is 20.3. The van der Waals surface area contributed by atoms with Crippen molar-refractivity contribution in [3.8, 4) is 0 Å². The van der Waals surface area contributed by atoms with Crippen molar-refractivity contribution in [1.29, 1.82) is 0 Å². The predicted molar refractivity (Wildman–Crippen MR) is 126 cm³/mol. The number of nitro groups is 1. The molecule has 1 aliphatic carbocycles. The van der Waals surface area contributed by atoms with Crippen LogP contribution in [-0.4, -0.2) is 63.6 Å². The van der Waals surface area contributed by atoms with Crippen LogP contribution >= 0.6 is 0 Å². The molecule has 0 bridgehead atoms. The fourth-order valence-electron chi connectivity index (χ4n) is 4.38. The molecule has 1 fully saturated rings. The van der Waals surface area contributed by atoms with E-state index in [1.165, 1.54) is 30.6 Å². The Bertz CT molecular complexity index is 1120. The molecule has 2 heterocycles. The van der Waals surface area contributed by atoms with Crippen LogP contribution in [-0.2, 0) is 9.47 Å². The van der Waals surface area contributed by atoms with E-state index < -0.39 is 22.6 Å². The average Bonchev–Trinajstić information content (AvgIpc) is 3.13. The number of hydrogen-bond acceptors (Lipinski definition) is 9. The number of aromatic nitrogens is 2. The molecule has 1 saturated heterocycles. The largest absolute Gasteiger partial charge is 0.452 e. The standard InChI is InChI=1S/C24H29N5O6/c1-15-13-18(34-22(30)16-5-7-17(8-6-16)29(32)33)20-19(15)21(26-14-25-20)27-9-11-28(12-10-27)23(31)35-24(2,3)4/h5-8,14-15,18H,9-13H2,1-4H3/t15-,18-/m1/s1. The van der Waals surface area contributed by atoms with Gasteiger partial charge in [-0.25, -0.2) is 19.6 Å². The smallest absolute Gasteiger partial charge is 0.410 e. The fraction of sp³-hybridized carbons (Fsp3) is 0.500. The van der Waals surface area contributed by atoms with Crippen LogP contribution < -0.4 is 4.90 Å². The van der Waals surface area contributed by atoms with E-state index in [9.17, 15) is 19.7 Å². The van der Waals surface area contributed by atoms with Gasteiger partial charge in [0.05, 0.1) is 16.2 Å². The number of benzene rings is 1. The topological polar surface area (TPSA) is 128 Å². The van der Waals surface area contributed by atoms with E-state index in [-0.39, 0.29) is 23.3 Å². The number of piperazine rings is 1. The number of nitro benzene ring substituents is 1. The van der Waals surface area contributed by atoms with E-state index in [1.807, 2.05) is 27.7 Å². The molecule has 11 heteroatoms. The number of hydrogen-bond donors (Lipinski definition) is 0. The zero-order valence-electron chi connectivity index (χ0n) is 20.3. The Kier molecular flexibility index (Phi) is 6.60. The normalized spacial score (nSPS) is 19.8. The lowest BCUT2D eigenvalue weighted by Gasteiger charge is -2.37. The summed E-state index contributed by atoms with van der Waals surface area (Å²) >= 11 is 0. The first-order chi connectivity index (χ1) is 16.5. The number of non-ortho nitro benzene ring substituents is 1. The molecule has 186 valence electrons. The minimum absolute atomic E-state index is 0.0692. The van der Waals surface area contributed by atoms with Gasteiger partial charge >= 0.3 is 12.1 Å². The molecule has 0 unspecified atom stereocenters. The molecular formula is C24H29N5O6. The van der Waals surface area contributed by atoms with Crippen molar-refractivity contribution >= 4 is 23.6 Å². The second-order valence-electron chi connectivity index (χ2n) is 9.79. The summed E-state index contributed by atoms with van der Waals surface area (Å²) in [4.78, 5) is 48.2. The predicted octanol–water partition coefficient (Wildman–Crippen LogP) is 3.85. The number of anilines is 1. The Balaban J connectivity index is 1.45. The van der Waals surface area contributed by atoms with E-state index in [2.05, 4.69) is 14.9 Å². The van der Waals surface area contributed by atoms with Crippen molar-refractivity contribution < 1.29 is 24.0 Å². The van der Waals surface area contributed by atoms with Crippen molar-refractivity contribution in [2.75, 3.05) is 31.1 Å². The third-order valence-electron chi connectivity index (χ3n) is 6.05. The number of fused-ring (bicyclic) bond motifs is 1. The molecule has 1 aromatic heterocycles. The van der Waals surface area contributed by atoms with Gasteiger partial charge in [0.1, 0.15) is 23.9 Å². The summed E-state index contributed by atoms with van der Waals surface area (Å²) in [5, 5.41) is 10.8. The highest BCUT2D eigenvalue weighted by atomic mass is 16.6. The van der Waals surface area contributed by atoms with Crippen LogP contribution in [0.2, 0.25) is 0 Å². The minimum Gasteiger partial charge on any atom is -0.452 e. The van der Waals surface area contributed by atoms with Gasteiger partial charge in [0, 0.05) is 43.9 Å². The van der Waals surface area contributed by atoms with Crippen LogP contribution in [0.3, 0.4) is 0 Å². The molecule has 1 aliphatic heterocycles. The molecule has 0 spiro atoms. The highest BCUT2D eigenvalue weighted by molar-refractivity contribution is 5.89. The second-order valence-corrected chi connectivity index (χ2v) is 9.79. The maximum absolute atomic E-state index is 12.7. The first kappa shape index (κ1) is 24.4. The van der Waals surface area contributed by atoms with Gasteiger partial charge in [-0.05, 0) is 45.2 Å². The molecule has 35 heavy (non-hydrogen) atoms. The van der Waals surface area contributed by atoms with E-state index in [0.29, 0.717) is 38.3 Å². The molecule has 0 radical (unpaired) electrons. The number of nitrogens with zero attached hydrogens (tertiary/aromatic N) is 5. The van der Waals surface area contributed by atoms with E-state index in [1.54, 1.807) is 4.90 Å². The summed E-state index contributed by atoms with van der Waals surface area (Å²) in [6.45, 7) is 9.81. The quantitative estimate of drug-likeness (QED) is 0.362. The van der Waals surface area contributed by atoms with Crippen molar-refractivity contribution in [2.24, 2.45) is 0 Å². The van der Waals surface area contributed by atoms with E-state index >= 15 is 0 Å². The number of rotatable bonds is 4. The highest BCUT2D eigenvalue weighted by Gasteiger charge is 2.37. The summed E-state index contributed by atoms with van der Waals surface area (Å²) in [5.41, 5.74) is 1.22. The van der Waals surface area contributed by atoms with Crippen LogP contribution in [0.5, 0.6) is 0 Å². The van der Waals surface area contributed by atoms with Gasteiger partial charge < -0.3 is 19.3 Å². The second kappa shape index (κ2) is 9.47. The first-order valence-corrected chi connectivity index (χ1v) is 11.6. The van der Waals surface area contributed by atoms with Crippen LogP contribution in [0.4, 0.5) is 16.3 Å². The van der Waals surface area contributed by atoms with Gasteiger partial charge in [0.2, 0.25) is 0 Å². The lowest BCUT2D eigenvalue weighted by molar-refractivity contribution is -0.384. The highest BCUT2D eigenvalue weighted by Crippen LogP contribution is 2.45. The van der Waals surface area contributed by atoms with E-state index in [0.717, 1.165) is 11.4 Å². The zero-order chi connectivity index (χ0) is 25.3. The number of esters is 1. The first-order valence-electron chi connectivity index (χ1n) is 11.6. The Hall–Kier alpha value is -3.76.